The van der Waals surface area contributed by atoms with Gasteiger partial charge in [-0.05, 0) is 39.5 Å². The molecule has 2 aliphatic heterocycles. The fraction of sp³-hybridized carbons (Fsp3) is 0.650. The SMILES string of the molecule is CCN1C(=O)N(CC(C)C)C2(CCN(C(=O)c3c(C)ncnc3C)CC2)C1=O. The predicted molar refractivity (Wildman–Crippen MR) is 104 cm³/mol. The van der Waals surface area contributed by atoms with Crippen molar-refractivity contribution in [3.05, 3.63) is 23.3 Å². The first-order chi connectivity index (χ1) is 13.2. The van der Waals surface area contributed by atoms with Crippen molar-refractivity contribution >= 4 is 17.8 Å². The molecule has 1 aromatic heterocycles. The molecular formula is C20H29N5O3. The van der Waals surface area contributed by atoms with E-state index in [1.165, 1.54) is 11.2 Å². The van der Waals surface area contributed by atoms with E-state index in [1.54, 1.807) is 23.6 Å². The van der Waals surface area contributed by atoms with Crippen molar-refractivity contribution in [2.45, 2.75) is 53.0 Å². The zero-order valence-electron chi connectivity index (χ0n) is 17.4. The van der Waals surface area contributed by atoms with Gasteiger partial charge in [0, 0.05) is 26.2 Å². The van der Waals surface area contributed by atoms with E-state index in [1.807, 2.05) is 20.8 Å². The van der Waals surface area contributed by atoms with Gasteiger partial charge in [0.2, 0.25) is 0 Å². The Kier molecular flexibility index (Phi) is 5.41. The second-order valence-corrected chi connectivity index (χ2v) is 8.08. The van der Waals surface area contributed by atoms with E-state index >= 15 is 0 Å². The van der Waals surface area contributed by atoms with Crippen LogP contribution in [0.4, 0.5) is 4.79 Å². The maximum Gasteiger partial charge on any atom is 0.327 e. The fourth-order valence-corrected chi connectivity index (χ4v) is 4.30. The number of carbonyl (C=O) groups excluding carboxylic acids is 3. The summed E-state index contributed by atoms with van der Waals surface area (Å²) in [7, 11) is 0. The Hall–Kier alpha value is -2.51. The molecule has 0 radical (unpaired) electrons. The normalized spacial score (nSPS) is 19.3. The molecule has 2 fully saturated rings. The van der Waals surface area contributed by atoms with Gasteiger partial charge in [-0.15, -0.1) is 0 Å². The van der Waals surface area contributed by atoms with Gasteiger partial charge in [-0.1, -0.05) is 13.8 Å². The Labute approximate surface area is 165 Å². The van der Waals surface area contributed by atoms with Gasteiger partial charge in [0.15, 0.2) is 0 Å². The molecule has 0 atom stereocenters. The van der Waals surface area contributed by atoms with E-state index in [9.17, 15) is 14.4 Å². The topological polar surface area (TPSA) is 86.7 Å². The Morgan fingerprint density at radius 3 is 2.21 bits per heavy atom. The van der Waals surface area contributed by atoms with Gasteiger partial charge in [0.05, 0.1) is 17.0 Å². The molecule has 28 heavy (non-hydrogen) atoms. The molecular weight excluding hydrogens is 358 g/mol. The van der Waals surface area contributed by atoms with E-state index in [-0.39, 0.29) is 23.8 Å². The summed E-state index contributed by atoms with van der Waals surface area (Å²) >= 11 is 0. The Morgan fingerprint density at radius 2 is 1.71 bits per heavy atom. The van der Waals surface area contributed by atoms with Crippen LogP contribution in [-0.2, 0) is 4.79 Å². The van der Waals surface area contributed by atoms with Crippen molar-refractivity contribution in [2.75, 3.05) is 26.2 Å². The molecule has 3 rings (SSSR count). The highest BCUT2D eigenvalue weighted by molar-refractivity contribution is 6.07. The number of hydrogen-bond donors (Lipinski definition) is 0. The number of urea groups is 1. The van der Waals surface area contributed by atoms with Crippen LogP contribution >= 0.6 is 0 Å². The summed E-state index contributed by atoms with van der Waals surface area (Å²) in [5.74, 6) is 0.0324. The molecule has 4 amide bonds. The lowest BCUT2D eigenvalue weighted by Crippen LogP contribution is -2.58. The maximum absolute atomic E-state index is 13.1. The summed E-state index contributed by atoms with van der Waals surface area (Å²) in [5, 5.41) is 0. The van der Waals surface area contributed by atoms with Gasteiger partial charge in [-0.2, -0.15) is 0 Å². The molecule has 0 N–H and O–H groups in total. The number of likely N-dealkylation sites (N-methyl/N-ethyl adjacent to an activating group) is 1. The highest BCUT2D eigenvalue weighted by Gasteiger charge is 2.57. The third-order valence-corrected chi connectivity index (χ3v) is 5.80. The summed E-state index contributed by atoms with van der Waals surface area (Å²) in [4.78, 5) is 52.1. The Balaban J connectivity index is 1.83. The molecule has 0 aromatic carbocycles. The lowest BCUT2D eigenvalue weighted by Gasteiger charge is -2.42. The van der Waals surface area contributed by atoms with Crippen molar-refractivity contribution in [1.82, 2.24) is 24.7 Å². The number of aryl methyl sites for hydroxylation is 2. The minimum Gasteiger partial charge on any atom is -0.338 e. The molecule has 0 unspecified atom stereocenters. The second kappa shape index (κ2) is 7.48. The summed E-state index contributed by atoms with van der Waals surface area (Å²) in [6.45, 7) is 11.3. The molecule has 152 valence electrons. The van der Waals surface area contributed by atoms with Crippen molar-refractivity contribution in [3.63, 3.8) is 0 Å². The van der Waals surface area contributed by atoms with E-state index < -0.39 is 5.54 Å². The third-order valence-electron chi connectivity index (χ3n) is 5.80. The van der Waals surface area contributed by atoms with Gasteiger partial charge in [0.25, 0.3) is 11.8 Å². The number of likely N-dealkylation sites (tertiary alicyclic amines) is 1. The van der Waals surface area contributed by atoms with Gasteiger partial charge >= 0.3 is 6.03 Å². The zero-order valence-corrected chi connectivity index (χ0v) is 17.4. The average Bonchev–Trinajstić information content (AvgIpc) is 2.83. The maximum atomic E-state index is 13.1. The fourth-order valence-electron chi connectivity index (χ4n) is 4.30. The summed E-state index contributed by atoms with van der Waals surface area (Å²) in [6, 6.07) is -0.205. The van der Waals surface area contributed by atoms with Crippen LogP contribution in [-0.4, -0.2) is 74.2 Å². The van der Waals surface area contributed by atoms with Gasteiger partial charge in [-0.3, -0.25) is 14.5 Å². The number of piperidine rings is 1. The highest BCUT2D eigenvalue weighted by Crippen LogP contribution is 2.38. The monoisotopic (exact) mass is 387 g/mol. The molecule has 0 bridgehead atoms. The summed E-state index contributed by atoms with van der Waals surface area (Å²) in [5.41, 5.74) is 1.01. The van der Waals surface area contributed by atoms with Crippen molar-refractivity contribution in [3.8, 4) is 0 Å². The first-order valence-electron chi connectivity index (χ1n) is 9.94. The van der Waals surface area contributed by atoms with Crippen molar-refractivity contribution in [2.24, 2.45) is 5.92 Å². The van der Waals surface area contributed by atoms with Crippen LogP contribution in [0.3, 0.4) is 0 Å². The van der Waals surface area contributed by atoms with E-state index in [2.05, 4.69) is 9.97 Å². The minimum atomic E-state index is -0.828. The van der Waals surface area contributed by atoms with E-state index in [4.69, 9.17) is 0 Å². The molecule has 8 nitrogen and oxygen atoms in total. The van der Waals surface area contributed by atoms with E-state index in [0.717, 1.165) is 0 Å². The number of hydrogen-bond acceptors (Lipinski definition) is 5. The van der Waals surface area contributed by atoms with Crippen LogP contribution in [0.15, 0.2) is 6.33 Å². The predicted octanol–water partition coefficient (Wildman–Crippen LogP) is 2.01. The van der Waals surface area contributed by atoms with Crippen LogP contribution < -0.4 is 0 Å². The highest BCUT2D eigenvalue weighted by atomic mass is 16.2. The quantitative estimate of drug-likeness (QED) is 0.738. The summed E-state index contributed by atoms with van der Waals surface area (Å²) < 4.78 is 0. The van der Waals surface area contributed by atoms with Crippen LogP contribution in [0.2, 0.25) is 0 Å². The van der Waals surface area contributed by atoms with Crippen LogP contribution in [0.25, 0.3) is 0 Å². The number of amides is 4. The zero-order chi connectivity index (χ0) is 20.6. The number of imide groups is 1. The Morgan fingerprint density at radius 1 is 1.14 bits per heavy atom. The standard InChI is InChI=1S/C20H29N5O3/c1-6-24-18(27)20(25(19(24)28)11-13(2)3)7-9-23(10-8-20)17(26)16-14(4)21-12-22-15(16)5/h12-13H,6-11H2,1-5H3. The van der Waals surface area contributed by atoms with E-state index in [0.29, 0.717) is 56.0 Å². The average molecular weight is 387 g/mol. The van der Waals surface area contributed by atoms with Gasteiger partial charge in [-0.25, -0.2) is 14.8 Å². The van der Waals surface area contributed by atoms with Crippen LogP contribution in [0.5, 0.6) is 0 Å². The first-order valence-corrected chi connectivity index (χ1v) is 9.94. The van der Waals surface area contributed by atoms with Gasteiger partial charge in [0.1, 0.15) is 11.9 Å². The third kappa shape index (κ3) is 3.14. The van der Waals surface area contributed by atoms with Crippen LogP contribution in [0.1, 0.15) is 55.4 Å². The van der Waals surface area contributed by atoms with Crippen LogP contribution in [0, 0.1) is 19.8 Å². The van der Waals surface area contributed by atoms with Crippen molar-refractivity contribution < 1.29 is 14.4 Å². The van der Waals surface area contributed by atoms with Crippen molar-refractivity contribution in [1.29, 1.82) is 0 Å². The smallest absolute Gasteiger partial charge is 0.327 e. The summed E-state index contributed by atoms with van der Waals surface area (Å²) in [6.07, 6.45) is 2.37. The molecule has 8 heteroatoms. The molecule has 2 aliphatic rings. The Bertz CT molecular complexity index is 779. The minimum absolute atomic E-state index is 0.107. The second-order valence-electron chi connectivity index (χ2n) is 8.08. The molecule has 0 aliphatic carbocycles. The lowest BCUT2D eigenvalue weighted by atomic mass is 9.85. The molecule has 1 aromatic rings. The number of carbonyl (C=O) groups is 3. The number of rotatable bonds is 4. The lowest BCUT2D eigenvalue weighted by molar-refractivity contribution is -0.135. The number of aromatic nitrogens is 2. The molecule has 1 spiro atoms. The number of nitrogens with zero attached hydrogens (tertiary/aromatic N) is 5. The largest absolute Gasteiger partial charge is 0.338 e. The van der Waals surface area contributed by atoms with Gasteiger partial charge < -0.3 is 9.80 Å². The molecule has 0 saturated carbocycles. The molecule has 2 saturated heterocycles. The first kappa shape index (κ1) is 20.2. The molecule has 3 heterocycles.